The van der Waals surface area contributed by atoms with Gasteiger partial charge < -0.3 is 5.11 Å². The number of carbonyl (C=O) groups is 1. The van der Waals surface area contributed by atoms with Crippen LogP contribution < -0.4 is 0 Å². The molecule has 106 valence electrons. The first-order valence-corrected chi connectivity index (χ1v) is 7.57. The fourth-order valence-corrected chi connectivity index (χ4v) is 3.15. The average Bonchev–Trinajstić information content (AvgIpc) is 2.83. The maximum atomic E-state index is 11.2. The number of carboxylic acid groups (broad SMARTS) is 1. The number of carboxylic acids is 1. The van der Waals surface area contributed by atoms with Crippen molar-refractivity contribution in [3.8, 4) is 0 Å². The van der Waals surface area contributed by atoms with Gasteiger partial charge in [-0.2, -0.15) is 0 Å². The van der Waals surface area contributed by atoms with Gasteiger partial charge in [-0.3, -0.25) is 4.79 Å². The third-order valence-corrected chi connectivity index (χ3v) is 4.67. The van der Waals surface area contributed by atoms with Gasteiger partial charge in [0.15, 0.2) is 0 Å². The predicted molar refractivity (Wildman–Crippen MR) is 82.0 cm³/mol. The van der Waals surface area contributed by atoms with E-state index in [4.69, 9.17) is 23.2 Å². The summed E-state index contributed by atoms with van der Waals surface area (Å²) in [4.78, 5) is 15.6. The van der Waals surface area contributed by atoms with E-state index in [9.17, 15) is 9.90 Å². The van der Waals surface area contributed by atoms with Crippen molar-refractivity contribution in [1.29, 1.82) is 0 Å². The van der Waals surface area contributed by atoms with Crippen LogP contribution in [0.2, 0.25) is 10.0 Å². The van der Waals surface area contributed by atoms with Gasteiger partial charge in [-0.25, -0.2) is 4.98 Å². The van der Waals surface area contributed by atoms with Crippen LogP contribution in [0.5, 0.6) is 0 Å². The minimum atomic E-state index is -1.00. The zero-order valence-electron chi connectivity index (χ0n) is 11.0. The van der Waals surface area contributed by atoms with E-state index in [1.54, 1.807) is 37.4 Å². The highest BCUT2D eigenvalue weighted by atomic mass is 35.5. The summed E-state index contributed by atoms with van der Waals surface area (Å²) in [7, 11) is 0. The Morgan fingerprint density at radius 3 is 2.50 bits per heavy atom. The van der Waals surface area contributed by atoms with Gasteiger partial charge in [0.2, 0.25) is 0 Å². The lowest BCUT2D eigenvalue weighted by Crippen LogP contribution is -2.28. The van der Waals surface area contributed by atoms with Gasteiger partial charge in [-0.1, -0.05) is 29.3 Å². The molecule has 1 aromatic heterocycles. The number of benzene rings is 1. The summed E-state index contributed by atoms with van der Waals surface area (Å²) in [6.07, 6.45) is 0.499. The Morgan fingerprint density at radius 1 is 1.35 bits per heavy atom. The van der Waals surface area contributed by atoms with Gasteiger partial charge in [-0.05, 0) is 31.5 Å². The molecule has 20 heavy (non-hydrogen) atoms. The Bertz CT molecular complexity index is 632. The van der Waals surface area contributed by atoms with Crippen LogP contribution in [0, 0.1) is 0 Å². The van der Waals surface area contributed by atoms with Crippen LogP contribution in [-0.2, 0) is 16.6 Å². The molecule has 2 rings (SSSR count). The third kappa shape index (κ3) is 2.97. The molecule has 1 N–H and O–H groups in total. The minimum Gasteiger partial charge on any atom is -0.481 e. The number of thiazole rings is 1. The standard InChI is InChI=1S/C14H13Cl2NO2S/c1-14(2,13(18)19)11-7-20-12(17-11)6-8-9(15)4-3-5-10(8)16/h3-5,7H,6H2,1-2H3,(H,18,19). The molecule has 3 nitrogen and oxygen atoms in total. The summed E-state index contributed by atoms with van der Waals surface area (Å²) < 4.78 is 0. The number of aromatic nitrogens is 1. The predicted octanol–water partition coefficient (Wildman–Crippen LogP) is 4.40. The first kappa shape index (κ1) is 15.3. The largest absolute Gasteiger partial charge is 0.481 e. The van der Waals surface area contributed by atoms with E-state index in [0.29, 0.717) is 22.2 Å². The lowest BCUT2D eigenvalue weighted by molar-refractivity contribution is -0.142. The number of halogens is 2. The van der Waals surface area contributed by atoms with Gasteiger partial charge in [0.05, 0.1) is 10.7 Å². The van der Waals surface area contributed by atoms with Gasteiger partial charge in [-0.15, -0.1) is 11.3 Å². The summed E-state index contributed by atoms with van der Waals surface area (Å²) in [5, 5.41) is 13.0. The van der Waals surface area contributed by atoms with Crippen LogP contribution in [0.3, 0.4) is 0 Å². The molecule has 0 aliphatic heterocycles. The van der Waals surface area contributed by atoms with Crippen LogP contribution >= 0.6 is 34.5 Å². The van der Waals surface area contributed by atoms with E-state index < -0.39 is 11.4 Å². The fraction of sp³-hybridized carbons (Fsp3) is 0.286. The van der Waals surface area contributed by atoms with E-state index in [2.05, 4.69) is 4.98 Å². The normalized spacial score (nSPS) is 11.6. The summed E-state index contributed by atoms with van der Waals surface area (Å²) in [6.45, 7) is 3.27. The molecule has 0 amide bonds. The molecule has 0 atom stereocenters. The summed E-state index contributed by atoms with van der Waals surface area (Å²) in [5.74, 6) is -0.898. The van der Waals surface area contributed by atoms with Crippen molar-refractivity contribution in [3.05, 3.63) is 49.9 Å². The van der Waals surface area contributed by atoms with E-state index in [0.717, 1.165) is 10.6 Å². The molecule has 0 aliphatic carbocycles. The quantitative estimate of drug-likeness (QED) is 0.904. The van der Waals surface area contributed by atoms with Crippen molar-refractivity contribution in [2.45, 2.75) is 25.7 Å². The molecule has 2 aromatic rings. The molecule has 1 aromatic carbocycles. The van der Waals surface area contributed by atoms with E-state index >= 15 is 0 Å². The molecule has 0 unspecified atom stereocenters. The van der Waals surface area contributed by atoms with E-state index in [1.165, 1.54) is 11.3 Å². The van der Waals surface area contributed by atoms with Crippen LogP contribution in [0.1, 0.15) is 30.1 Å². The van der Waals surface area contributed by atoms with Crippen molar-refractivity contribution in [2.24, 2.45) is 0 Å². The Hall–Kier alpha value is -1.10. The molecule has 0 saturated heterocycles. The van der Waals surface area contributed by atoms with Gasteiger partial charge in [0.1, 0.15) is 5.41 Å². The van der Waals surface area contributed by atoms with Crippen molar-refractivity contribution in [3.63, 3.8) is 0 Å². The molecular formula is C14H13Cl2NO2S. The minimum absolute atomic E-state index is 0.499. The Labute approximate surface area is 131 Å². The summed E-state index contributed by atoms with van der Waals surface area (Å²) in [5.41, 5.74) is 0.358. The molecule has 1 heterocycles. The number of hydrogen-bond acceptors (Lipinski definition) is 3. The van der Waals surface area contributed by atoms with Crippen LogP contribution in [0.4, 0.5) is 0 Å². The molecule has 0 fully saturated rings. The highest BCUT2D eigenvalue weighted by Gasteiger charge is 2.32. The van der Waals surface area contributed by atoms with Crippen molar-refractivity contribution < 1.29 is 9.90 Å². The SMILES string of the molecule is CC(C)(C(=O)O)c1csc(Cc2c(Cl)cccc2Cl)n1. The van der Waals surface area contributed by atoms with Gasteiger partial charge in [0.25, 0.3) is 0 Å². The zero-order valence-corrected chi connectivity index (χ0v) is 13.3. The molecule has 0 saturated carbocycles. The summed E-state index contributed by atoms with van der Waals surface area (Å²) >= 11 is 13.7. The van der Waals surface area contributed by atoms with E-state index in [1.807, 2.05) is 0 Å². The number of nitrogens with zero attached hydrogens (tertiary/aromatic N) is 1. The fourth-order valence-electron chi connectivity index (χ4n) is 1.64. The van der Waals surface area contributed by atoms with Crippen LogP contribution in [-0.4, -0.2) is 16.1 Å². The topological polar surface area (TPSA) is 50.2 Å². The second-order valence-corrected chi connectivity index (χ2v) is 6.69. The first-order valence-electron chi connectivity index (χ1n) is 5.93. The van der Waals surface area contributed by atoms with Crippen LogP contribution in [0.15, 0.2) is 23.6 Å². The Kier molecular flexibility index (Phi) is 4.37. The van der Waals surface area contributed by atoms with Crippen LogP contribution in [0.25, 0.3) is 0 Å². The molecule has 0 aliphatic rings. The maximum Gasteiger partial charge on any atom is 0.315 e. The average molecular weight is 330 g/mol. The third-order valence-electron chi connectivity index (χ3n) is 3.12. The molecule has 0 radical (unpaired) electrons. The lowest BCUT2D eigenvalue weighted by Gasteiger charge is -2.15. The van der Waals surface area contributed by atoms with Crippen molar-refractivity contribution >= 4 is 40.5 Å². The van der Waals surface area contributed by atoms with Gasteiger partial charge in [0, 0.05) is 21.8 Å². The second-order valence-electron chi connectivity index (χ2n) is 4.93. The molecule has 6 heteroatoms. The smallest absolute Gasteiger partial charge is 0.315 e. The Morgan fingerprint density at radius 2 is 1.95 bits per heavy atom. The molecular weight excluding hydrogens is 317 g/mol. The van der Waals surface area contributed by atoms with Crippen molar-refractivity contribution in [2.75, 3.05) is 0 Å². The Balaban J connectivity index is 2.29. The molecule has 0 spiro atoms. The lowest BCUT2D eigenvalue weighted by atomic mass is 9.90. The van der Waals surface area contributed by atoms with Crippen molar-refractivity contribution in [1.82, 2.24) is 4.98 Å². The highest BCUT2D eigenvalue weighted by Crippen LogP contribution is 2.30. The number of rotatable bonds is 4. The number of aliphatic carboxylic acids is 1. The maximum absolute atomic E-state index is 11.2. The van der Waals surface area contributed by atoms with E-state index in [-0.39, 0.29) is 0 Å². The zero-order chi connectivity index (χ0) is 14.9. The monoisotopic (exact) mass is 329 g/mol. The number of hydrogen-bond donors (Lipinski definition) is 1. The first-order chi connectivity index (χ1) is 9.32. The second kappa shape index (κ2) is 5.72. The molecule has 0 bridgehead atoms. The summed E-state index contributed by atoms with van der Waals surface area (Å²) in [6, 6.07) is 5.34. The van der Waals surface area contributed by atoms with Gasteiger partial charge >= 0.3 is 5.97 Å². The highest BCUT2D eigenvalue weighted by molar-refractivity contribution is 7.09.